The highest BCUT2D eigenvalue weighted by molar-refractivity contribution is 5.77. The van der Waals surface area contributed by atoms with E-state index >= 15 is 0 Å². The summed E-state index contributed by atoms with van der Waals surface area (Å²) in [5.74, 6) is -1.52. The van der Waals surface area contributed by atoms with E-state index in [-0.39, 0.29) is 19.1 Å². The van der Waals surface area contributed by atoms with Crippen LogP contribution in [0.2, 0.25) is 0 Å². The Balaban J connectivity index is 2.38. The van der Waals surface area contributed by atoms with Crippen LogP contribution in [0.15, 0.2) is 0 Å². The second-order valence-electron chi connectivity index (χ2n) is 10.4. The third kappa shape index (κ3) is 11.2. The van der Waals surface area contributed by atoms with Crippen LogP contribution >= 0.6 is 0 Å². The standard InChI is InChI=1S/C26H50O5/c1-6-8-9-10-11-13-16-21-18-19-23(27)22(21)17-14-12-15-20-26(29,24(28)30-7-2)31-25(3,4)5/h21-23,27,29H,6-20H2,1-5H3/t21-,22+,23-,26?/m0/s1. The lowest BCUT2D eigenvalue weighted by atomic mass is 9.85. The molecule has 0 radical (unpaired) electrons. The smallest absolute Gasteiger partial charge is 0.366 e. The quantitative estimate of drug-likeness (QED) is 0.170. The van der Waals surface area contributed by atoms with Gasteiger partial charge in [-0.1, -0.05) is 64.7 Å². The van der Waals surface area contributed by atoms with Crippen LogP contribution < -0.4 is 0 Å². The summed E-state index contributed by atoms with van der Waals surface area (Å²) in [5, 5.41) is 21.2. The van der Waals surface area contributed by atoms with Crippen molar-refractivity contribution < 1.29 is 24.5 Å². The normalized spacial score (nSPS) is 23.6. The van der Waals surface area contributed by atoms with Crippen LogP contribution in [-0.4, -0.2) is 40.3 Å². The third-order valence-electron chi connectivity index (χ3n) is 6.48. The Morgan fingerprint density at radius 1 is 0.903 bits per heavy atom. The summed E-state index contributed by atoms with van der Waals surface area (Å²) in [6.07, 6.45) is 15.0. The van der Waals surface area contributed by atoms with Gasteiger partial charge < -0.3 is 19.7 Å². The van der Waals surface area contributed by atoms with Gasteiger partial charge in [-0.25, -0.2) is 4.79 Å². The Labute approximate surface area is 191 Å². The topological polar surface area (TPSA) is 76.0 Å². The van der Waals surface area contributed by atoms with E-state index in [0.29, 0.717) is 18.3 Å². The molecule has 0 amide bonds. The minimum atomic E-state index is -1.89. The number of aliphatic hydroxyl groups is 2. The summed E-state index contributed by atoms with van der Waals surface area (Å²) in [7, 11) is 0. The van der Waals surface area contributed by atoms with E-state index < -0.39 is 17.4 Å². The molecule has 1 unspecified atom stereocenters. The Morgan fingerprint density at radius 2 is 1.52 bits per heavy atom. The highest BCUT2D eigenvalue weighted by Gasteiger charge is 2.42. The van der Waals surface area contributed by atoms with Gasteiger partial charge in [0.2, 0.25) is 0 Å². The predicted octanol–water partition coefficient (Wildman–Crippen LogP) is 6.14. The van der Waals surface area contributed by atoms with E-state index in [4.69, 9.17) is 9.47 Å². The van der Waals surface area contributed by atoms with Gasteiger partial charge in [0.25, 0.3) is 5.79 Å². The minimum Gasteiger partial charge on any atom is -0.462 e. The average Bonchev–Trinajstić information content (AvgIpc) is 3.03. The summed E-state index contributed by atoms with van der Waals surface area (Å²) in [5.41, 5.74) is -0.640. The number of carbonyl (C=O) groups is 1. The molecule has 0 bridgehead atoms. The van der Waals surface area contributed by atoms with E-state index in [1.54, 1.807) is 6.92 Å². The largest absolute Gasteiger partial charge is 0.462 e. The molecular formula is C26H50O5. The molecule has 0 aromatic rings. The molecule has 0 spiro atoms. The van der Waals surface area contributed by atoms with Crippen molar-refractivity contribution in [1.82, 2.24) is 0 Å². The van der Waals surface area contributed by atoms with E-state index in [2.05, 4.69) is 6.92 Å². The molecule has 0 aliphatic heterocycles. The summed E-state index contributed by atoms with van der Waals surface area (Å²) in [6.45, 7) is 9.66. The summed E-state index contributed by atoms with van der Waals surface area (Å²) < 4.78 is 10.7. The molecular weight excluding hydrogens is 392 g/mol. The van der Waals surface area contributed by atoms with Crippen LogP contribution in [0, 0.1) is 11.8 Å². The zero-order chi connectivity index (χ0) is 23.3. The van der Waals surface area contributed by atoms with Crippen LogP contribution in [0.4, 0.5) is 0 Å². The van der Waals surface area contributed by atoms with Crippen molar-refractivity contribution in [2.24, 2.45) is 11.8 Å². The fraction of sp³-hybridized carbons (Fsp3) is 0.962. The Bertz CT molecular complexity index is 487. The SMILES string of the molecule is CCCCCCCC[C@H]1CC[C@H](O)[C@@H]1CCCCCC(O)(OC(C)(C)C)C(=O)OCC. The first-order valence-electron chi connectivity index (χ1n) is 12.9. The third-order valence-corrected chi connectivity index (χ3v) is 6.48. The molecule has 2 N–H and O–H groups in total. The monoisotopic (exact) mass is 442 g/mol. The molecule has 4 atom stereocenters. The second kappa shape index (κ2) is 14.5. The molecule has 0 heterocycles. The van der Waals surface area contributed by atoms with Crippen molar-refractivity contribution in [1.29, 1.82) is 0 Å². The maximum Gasteiger partial charge on any atom is 0.366 e. The van der Waals surface area contributed by atoms with Gasteiger partial charge >= 0.3 is 5.97 Å². The number of ether oxygens (including phenoxy) is 2. The molecule has 5 heteroatoms. The molecule has 1 saturated carbocycles. The van der Waals surface area contributed by atoms with Crippen LogP contribution in [0.1, 0.15) is 125 Å². The molecule has 0 aromatic heterocycles. The molecule has 1 fully saturated rings. The molecule has 1 rings (SSSR count). The Hall–Kier alpha value is -0.650. The number of aliphatic hydroxyl groups excluding tert-OH is 1. The van der Waals surface area contributed by atoms with Gasteiger partial charge in [0.05, 0.1) is 18.3 Å². The summed E-state index contributed by atoms with van der Waals surface area (Å²) in [6, 6.07) is 0. The fourth-order valence-electron chi connectivity index (χ4n) is 4.97. The predicted molar refractivity (Wildman–Crippen MR) is 126 cm³/mol. The zero-order valence-electron chi connectivity index (χ0n) is 21.0. The first kappa shape index (κ1) is 28.4. The van der Waals surface area contributed by atoms with Gasteiger partial charge in [0.1, 0.15) is 0 Å². The van der Waals surface area contributed by atoms with Gasteiger partial charge in [-0.2, -0.15) is 0 Å². The van der Waals surface area contributed by atoms with E-state index in [1.165, 1.54) is 44.9 Å². The fourth-order valence-corrected chi connectivity index (χ4v) is 4.97. The van der Waals surface area contributed by atoms with E-state index in [9.17, 15) is 15.0 Å². The lowest BCUT2D eigenvalue weighted by Crippen LogP contribution is -2.47. The molecule has 184 valence electrons. The Kier molecular flexibility index (Phi) is 13.3. The lowest BCUT2D eigenvalue weighted by Gasteiger charge is -2.33. The lowest BCUT2D eigenvalue weighted by molar-refractivity contribution is -0.261. The molecule has 31 heavy (non-hydrogen) atoms. The highest BCUT2D eigenvalue weighted by atomic mass is 16.7. The number of esters is 1. The zero-order valence-corrected chi connectivity index (χ0v) is 21.0. The van der Waals surface area contributed by atoms with Gasteiger partial charge in [-0.3, -0.25) is 0 Å². The number of hydrogen-bond acceptors (Lipinski definition) is 5. The molecule has 1 aliphatic carbocycles. The number of unbranched alkanes of at least 4 members (excludes halogenated alkanes) is 7. The molecule has 0 saturated heterocycles. The summed E-state index contributed by atoms with van der Waals surface area (Å²) in [4.78, 5) is 12.3. The van der Waals surface area contributed by atoms with E-state index in [0.717, 1.165) is 32.1 Å². The number of rotatable bonds is 16. The van der Waals surface area contributed by atoms with Crippen molar-refractivity contribution in [3.8, 4) is 0 Å². The average molecular weight is 443 g/mol. The van der Waals surface area contributed by atoms with Crippen LogP contribution in [0.5, 0.6) is 0 Å². The van der Waals surface area contributed by atoms with E-state index in [1.807, 2.05) is 20.8 Å². The van der Waals surface area contributed by atoms with Crippen LogP contribution in [0.25, 0.3) is 0 Å². The maximum atomic E-state index is 12.3. The van der Waals surface area contributed by atoms with Crippen molar-refractivity contribution in [3.63, 3.8) is 0 Å². The minimum absolute atomic E-state index is 0.161. The van der Waals surface area contributed by atoms with Crippen molar-refractivity contribution in [3.05, 3.63) is 0 Å². The highest BCUT2D eigenvalue weighted by Crippen LogP contribution is 2.39. The first-order chi connectivity index (χ1) is 14.6. The Morgan fingerprint density at radius 3 is 2.16 bits per heavy atom. The van der Waals surface area contributed by atoms with Crippen molar-refractivity contribution >= 4 is 5.97 Å². The second-order valence-corrected chi connectivity index (χ2v) is 10.4. The van der Waals surface area contributed by atoms with Gasteiger partial charge in [-0.05, 0) is 65.2 Å². The summed E-state index contributed by atoms with van der Waals surface area (Å²) >= 11 is 0. The van der Waals surface area contributed by atoms with Crippen LogP contribution in [0.3, 0.4) is 0 Å². The van der Waals surface area contributed by atoms with Gasteiger partial charge in [-0.15, -0.1) is 0 Å². The number of hydrogen-bond donors (Lipinski definition) is 2. The molecule has 1 aliphatic rings. The molecule has 0 aromatic carbocycles. The number of carbonyl (C=O) groups excluding carboxylic acids is 1. The van der Waals surface area contributed by atoms with Gasteiger partial charge in [0.15, 0.2) is 0 Å². The van der Waals surface area contributed by atoms with Gasteiger partial charge in [0, 0.05) is 6.42 Å². The maximum absolute atomic E-state index is 12.3. The first-order valence-corrected chi connectivity index (χ1v) is 12.9. The van der Waals surface area contributed by atoms with Crippen molar-refractivity contribution in [2.75, 3.05) is 6.61 Å². The van der Waals surface area contributed by atoms with Crippen molar-refractivity contribution in [2.45, 2.75) is 142 Å². The molecule has 5 nitrogen and oxygen atoms in total. The van der Waals surface area contributed by atoms with Crippen LogP contribution in [-0.2, 0) is 14.3 Å².